The Bertz CT molecular complexity index is 597. The second kappa shape index (κ2) is 7.00. The molecule has 21 heavy (non-hydrogen) atoms. The smallest absolute Gasteiger partial charge is 0.141 e. The second-order valence-corrected chi connectivity index (χ2v) is 5.88. The van der Waals surface area contributed by atoms with Crippen molar-refractivity contribution in [3.63, 3.8) is 0 Å². The van der Waals surface area contributed by atoms with Gasteiger partial charge in [0.1, 0.15) is 18.0 Å². The molecule has 0 saturated carbocycles. The lowest BCUT2D eigenvalue weighted by atomic mass is 10.0. The maximum atomic E-state index is 13.3. The fourth-order valence-electron chi connectivity index (χ4n) is 2.24. The van der Waals surface area contributed by atoms with E-state index in [4.69, 9.17) is 11.6 Å². The molecule has 0 aliphatic heterocycles. The van der Waals surface area contributed by atoms with Crippen LogP contribution in [0, 0.1) is 11.7 Å². The Morgan fingerprint density at radius 3 is 2.76 bits per heavy atom. The average Bonchev–Trinajstić information content (AvgIpc) is 2.85. The highest BCUT2D eigenvalue weighted by Crippen LogP contribution is 2.23. The molecule has 0 saturated heterocycles. The van der Waals surface area contributed by atoms with Crippen molar-refractivity contribution in [2.24, 2.45) is 5.92 Å². The number of benzene rings is 1. The molecule has 0 amide bonds. The Labute approximate surface area is 129 Å². The minimum Gasteiger partial charge on any atom is -0.313 e. The molecule has 1 atom stereocenters. The first kappa shape index (κ1) is 15.9. The quantitative estimate of drug-likeness (QED) is 0.891. The number of rotatable bonds is 6. The van der Waals surface area contributed by atoms with E-state index >= 15 is 0 Å². The summed E-state index contributed by atoms with van der Waals surface area (Å²) in [6, 6.07) is 4.80. The Morgan fingerprint density at radius 1 is 1.38 bits per heavy atom. The van der Waals surface area contributed by atoms with Crippen LogP contribution >= 0.6 is 11.6 Å². The predicted molar refractivity (Wildman–Crippen MR) is 81.8 cm³/mol. The normalized spacial score (nSPS) is 12.9. The van der Waals surface area contributed by atoms with Crippen molar-refractivity contribution in [3.8, 4) is 0 Å². The Hall–Kier alpha value is -1.46. The van der Waals surface area contributed by atoms with Gasteiger partial charge in [-0.3, -0.25) is 0 Å². The Kier molecular flexibility index (Phi) is 5.31. The highest BCUT2D eigenvalue weighted by Gasteiger charge is 2.16. The summed E-state index contributed by atoms with van der Waals surface area (Å²) in [5, 5.41) is 7.62. The highest BCUT2D eigenvalue weighted by molar-refractivity contribution is 6.30. The van der Waals surface area contributed by atoms with Crippen molar-refractivity contribution in [1.82, 2.24) is 20.1 Å². The molecule has 1 N–H and O–H groups in total. The van der Waals surface area contributed by atoms with Crippen molar-refractivity contribution in [3.05, 3.63) is 46.8 Å². The lowest BCUT2D eigenvalue weighted by Crippen LogP contribution is -2.22. The molecule has 0 aliphatic rings. The van der Waals surface area contributed by atoms with Gasteiger partial charge < -0.3 is 5.32 Å². The van der Waals surface area contributed by atoms with Crippen molar-refractivity contribution >= 4 is 11.6 Å². The lowest BCUT2D eigenvalue weighted by Gasteiger charge is -2.17. The SMILES string of the molecule is CNC(Cc1ncnn1CC(C)C)c1ccc(F)c(Cl)c1. The van der Waals surface area contributed by atoms with Crippen LogP contribution in [0.15, 0.2) is 24.5 Å². The van der Waals surface area contributed by atoms with Crippen LogP contribution in [-0.4, -0.2) is 21.8 Å². The van der Waals surface area contributed by atoms with Crippen LogP contribution in [-0.2, 0) is 13.0 Å². The van der Waals surface area contributed by atoms with Gasteiger partial charge in [0.25, 0.3) is 0 Å². The van der Waals surface area contributed by atoms with E-state index in [0.717, 1.165) is 17.9 Å². The standard InChI is InChI=1S/C15H20ClFN4/c1-10(2)8-21-15(19-9-20-21)7-14(18-3)11-4-5-13(17)12(16)6-11/h4-6,9-10,14,18H,7-8H2,1-3H3. The van der Waals surface area contributed by atoms with E-state index in [1.54, 1.807) is 18.5 Å². The number of nitrogens with zero attached hydrogens (tertiary/aromatic N) is 3. The summed E-state index contributed by atoms with van der Waals surface area (Å²) in [5.41, 5.74) is 0.933. The molecule has 1 aromatic heterocycles. The molecular weight excluding hydrogens is 291 g/mol. The van der Waals surface area contributed by atoms with Crippen LogP contribution in [0.1, 0.15) is 31.3 Å². The molecule has 114 valence electrons. The third-order valence-corrected chi connectivity index (χ3v) is 3.60. The first-order valence-corrected chi connectivity index (χ1v) is 7.38. The largest absolute Gasteiger partial charge is 0.313 e. The molecule has 0 radical (unpaired) electrons. The molecule has 6 heteroatoms. The summed E-state index contributed by atoms with van der Waals surface area (Å²) in [4.78, 5) is 4.33. The molecule has 0 fully saturated rings. The molecular formula is C15H20ClFN4. The number of hydrogen-bond acceptors (Lipinski definition) is 3. The van der Waals surface area contributed by atoms with Gasteiger partial charge in [0.2, 0.25) is 0 Å². The van der Waals surface area contributed by atoms with Gasteiger partial charge in [0.15, 0.2) is 0 Å². The van der Waals surface area contributed by atoms with Crippen LogP contribution in [0.5, 0.6) is 0 Å². The van der Waals surface area contributed by atoms with Gasteiger partial charge in [-0.15, -0.1) is 0 Å². The predicted octanol–water partition coefficient (Wildman–Crippen LogP) is 3.23. The number of halogens is 2. The lowest BCUT2D eigenvalue weighted by molar-refractivity contribution is 0.451. The van der Waals surface area contributed by atoms with E-state index in [0.29, 0.717) is 12.3 Å². The Balaban J connectivity index is 2.19. The zero-order valence-corrected chi connectivity index (χ0v) is 13.2. The highest BCUT2D eigenvalue weighted by atomic mass is 35.5. The molecule has 4 nitrogen and oxygen atoms in total. The molecule has 2 rings (SSSR count). The van der Waals surface area contributed by atoms with Crippen molar-refractivity contribution in [2.45, 2.75) is 32.9 Å². The fraction of sp³-hybridized carbons (Fsp3) is 0.467. The van der Waals surface area contributed by atoms with E-state index in [-0.39, 0.29) is 11.1 Å². The van der Waals surface area contributed by atoms with E-state index in [2.05, 4.69) is 29.2 Å². The number of nitrogens with one attached hydrogen (secondary N) is 1. The van der Waals surface area contributed by atoms with Gasteiger partial charge in [-0.1, -0.05) is 31.5 Å². The van der Waals surface area contributed by atoms with E-state index in [1.807, 2.05) is 11.7 Å². The zero-order chi connectivity index (χ0) is 15.4. The molecule has 1 heterocycles. The minimum atomic E-state index is -0.404. The van der Waals surface area contributed by atoms with Gasteiger partial charge in [0, 0.05) is 19.0 Å². The monoisotopic (exact) mass is 310 g/mol. The van der Waals surface area contributed by atoms with Crippen molar-refractivity contribution in [1.29, 1.82) is 0 Å². The average molecular weight is 311 g/mol. The molecule has 1 unspecified atom stereocenters. The third-order valence-electron chi connectivity index (χ3n) is 3.31. The molecule has 0 bridgehead atoms. The molecule has 1 aromatic carbocycles. The van der Waals surface area contributed by atoms with E-state index < -0.39 is 5.82 Å². The molecule has 0 spiro atoms. The summed E-state index contributed by atoms with van der Waals surface area (Å²) in [5.74, 6) is 1.00. The topological polar surface area (TPSA) is 42.7 Å². The van der Waals surface area contributed by atoms with Crippen LogP contribution in [0.3, 0.4) is 0 Å². The first-order chi connectivity index (χ1) is 10.0. The van der Waals surface area contributed by atoms with Crippen LogP contribution in [0.4, 0.5) is 4.39 Å². The van der Waals surface area contributed by atoms with Gasteiger partial charge >= 0.3 is 0 Å². The van der Waals surface area contributed by atoms with E-state index in [9.17, 15) is 4.39 Å². The summed E-state index contributed by atoms with van der Waals surface area (Å²) in [7, 11) is 1.87. The van der Waals surface area contributed by atoms with Gasteiger partial charge in [-0.2, -0.15) is 5.10 Å². The summed E-state index contributed by atoms with van der Waals surface area (Å²) in [6.45, 7) is 5.11. The summed E-state index contributed by atoms with van der Waals surface area (Å²) in [6.07, 6.45) is 2.24. The number of aromatic nitrogens is 3. The summed E-state index contributed by atoms with van der Waals surface area (Å²) >= 11 is 5.86. The van der Waals surface area contributed by atoms with Gasteiger partial charge in [-0.25, -0.2) is 14.1 Å². The maximum Gasteiger partial charge on any atom is 0.141 e. The first-order valence-electron chi connectivity index (χ1n) is 7.00. The van der Waals surface area contributed by atoms with Crippen LogP contribution in [0.2, 0.25) is 5.02 Å². The van der Waals surface area contributed by atoms with Gasteiger partial charge in [0.05, 0.1) is 5.02 Å². The zero-order valence-electron chi connectivity index (χ0n) is 12.5. The third kappa shape index (κ3) is 4.02. The maximum absolute atomic E-state index is 13.3. The molecule has 2 aromatic rings. The number of likely N-dealkylation sites (N-methyl/N-ethyl adjacent to an activating group) is 1. The second-order valence-electron chi connectivity index (χ2n) is 5.47. The molecule has 0 aliphatic carbocycles. The Morgan fingerprint density at radius 2 is 2.14 bits per heavy atom. The fourth-order valence-corrected chi connectivity index (χ4v) is 2.43. The van der Waals surface area contributed by atoms with Gasteiger partial charge in [-0.05, 0) is 30.7 Å². The number of hydrogen-bond donors (Lipinski definition) is 1. The van der Waals surface area contributed by atoms with Crippen LogP contribution < -0.4 is 5.32 Å². The summed E-state index contributed by atoms with van der Waals surface area (Å²) < 4.78 is 15.2. The van der Waals surface area contributed by atoms with Crippen molar-refractivity contribution < 1.29 is 4.39 Å². The van der Waals surface area contributed by atoms with Crippen LogP contribution in [0.25, 0.3) is 0 Å². The minimum absolute atomic E-state index is 0.0122. The van der Waals surface area contributed by atoms with Crippen molar-refractivity contribution in [2.75, 3.05) is 7.05 Å². The van der Waals surface area contributed by atoms with E-state index in [1.165, 1.54) is 6.07 Å².